The third-order valence-corrected chi connectivity index (χ3v) is 7.27. The Morgan fingerprint density at radius 2 is 1.67 bits per heavy atom. The van der Waals surface area contributed by atoms with Crippen molar-refractivity contribution in [3.8, 4) is 5.75 Å². The Hall–Kier alpha value is -3.47. The van der Waals surface area contributed by atoms with Gasteiger partial charge in [0.25, 0.3) is 17.7 Å². The Labute approximate surface area is 246 Å². The maximum absolute atomic E-state index is 13.3. The van der Waals surface area contributed by atoms with Crippen molar-refractivity contribution in [2.45, 2.75) is 20.8 Å². The van der Waals surface area contributed by atoms with E-state index in [0.717, 1.165) is 16.0 Å². The molecule has 1 heterocycles. The monoisotopic (exact) mass is 673 g/mol. The van der Waals surface area contributed by atoms with Crippen molar-refractivity contribution < 1.29 is 23.9 Å². The number of benzene rings is 3. The van der Waals surface area contributed by atoms with Crippen LogP contribution in [0.5, 0.6) is 5.75 Å². The number of anilines is 2. The third-order valence-electron chi connectivity index (χ3n) is 5.86. The number of carbonyl (C=O) groups is 4. The Balaban J connectivity index is 1.55. The number of urea groups is 1. The number of nitrogens with zero attached hydrogens (tertiary/aromatic N) is 1. The summed E-state index contributed by atoms with van der Waals surface area (Å²) in [4.78, 5) is 51.8. The molecular formula is C28H22Br2ClN3O5. The molecule has 0 bridgehead atoms. The van der Waals surface area contributed by atoms with Gasteiger partial charge in [0.1, 0.15) is 11.3 Å². The molecule has 2 N–H and O–H groups in total. The molecule has 0 aromatic heterocycles. The SMILES string of the molecule is Cc1ccc(C)c(NC(=O)COc2c(Br)cc(/C=C3\C(=O)NC(=O)N(c4cc(Cl)ccc4C)C3=O)cc2Br)c1. The summed E-state index contributed by atoms with van der Waals surface area (Å²) in [7, 11) is 0. The van der Waals surface area contributed by atoms with Gasteiger partial charge in [0.2, 0.25) is 0 Å². The number of carbonyl (C=O) groups excluding carboxylic acids is 4. The van der Waals surface area contributed by atoms with Gasteiger partial charge in [0.05, 0.1) is 14.6 Å². The van der Waals surface area contributed by atoms with Crippen molar-refractivity contribution in [3.05, 3.63) is 90.3 Å². The molecule has 5 amide bonds. The molecule has 0 atom stereocenters. The van der Waals surface area contributed by atoms with Crippen LogP contribution in [0.1, 0.15) is 22.3 Å². The Bertz CT molecular complexity index is 1550. The van der Waals surface area contributed by atoms with Crippen molar-refractivity contribution in [2.75, 3.05) is 16.8 Å². The summed E-state index contributed by atoms with van der Waals surface area (Å²) in [6, 6.07) is 13.0. The van der Waals surface area contributed by atoms with Crippen LogP contribution >= 0.6 is 43.5 Å². The molecule has 200 valence electrons. The van der Waals surface area contributed by atoms with Gasteiger partial charge in [-0.3, -0.25) is 19.7 Å². The smallest absolute Gasteiger partial charge is 0.335 e. The summed E-state index contributed by atoms with van der Waals surface area (Å²) in [5, 5.41) is 5.37. The van der Waals surface area contributed by atoms with Crippen LogP contribution in [0.2, 0.25) is 5.02 Å². The average molecular weight is 676 g/mol. The van der Waals surface area contributed by atoms with E-state index >= 15 is 0 Å². The fourth-order valence-corrected chi connectivity index (χ4v) is 5.48. The molecule has 4 rings (SSSR count). The van der Waals surface area contributed by atoms with Crippen LogP contribution in [0.15, 0.2) is 63.0 Å². The van der Waals surface area contributed by atoms with Crippen molar-refractivity contribution in [1.29, 1.82) is 0 Å². The van der Waals surface area contributed by atoms with Crippen molar-refractivity contribution in [1.82, 2.24) is 5.32 Å². The van der Waals surface area contributed by atoms with E-state index in [0.29, 0.717) is 36.5 Å². The highest BCUT2D eigenvalue weighted by atomic mass is 79.9. The highest BCUT2D eigenvalue weighted by molar-refractivity contribution is 9.11. The lowest BCUT2D eigenvalue weighted by Crippen LogP contribution is -2.54. The molecule has 1 saturated heterocycles. The van der Waals surface area contributed by atoms with Crippen LogP contribution in [0.25, 0.3) is 6.08 Å². The first-order chi connectivity index (χ1) is 18.4. The fraction of sp³-hybridized carbons (Fsp3) is 0.143. The zero-order chi connectivity index (χ0) is 28.4. The molecule has 0 spiro atoms. The largest absolute Gasteiger partial charge is 0.481 e. The van der Waals surface area contributed by atoms with Gasteiger partial charge in [-0.2, -0.15) is 0 Å². The van der Waals surface area contributed by atoms with E-state index in [-0.39, 0.29) is 23.8 Å². The van der Waals surface area contributed by atoms with Crippen molar-refractivity contribution in [3.63, 3.8) is 0 Å². The molecular weight excluding hydrogens is 654 g/mol. The standard InChI is InChI=1S/C28H22Br2ClN3O5/c1-14-4-5-15(2)22(8-14)32-24(35)13-39-25-20(29)10-17(11-21(25)30)9-19-26(36)33-28(38)34(27(19)37)23-12-18(31)7-6-16(23)3/h4-12H,13H2,1-3H3,(H,32,35)(H,33,36,38)/b19-9+. The topological polar surface area (TPSA) is 105 Å². The second kappa shape index (κ2) is 11.7. The summed E-state index contributed by atoms with van der Waals surface area (Å²) in [6.07, 6.45) is 1.36. The number of rotatable bonds is 6. The van der Waals surface area contributed by atoms with Crippen molar-refractivity contribution >= 4 is 84.7 Å². The summed E-state index contributed by atoms with van der Waals surface area (Å²) in [6.45, 7) is 5.32. The number of barbiturate groups is 1. The van der Waals surface area contributed by atoms with Crippen LogP contribution in [0, 0.1) is 20.8 Å². The predicted molar refractivity (Wildman–Crippen MR) is 157 cm³/mol. The van der Waals surface area contributed by atoms with Crippen molar-refractivity contribution in [2.24, 2.45) is 0 Å². The molecule has 1 fully saturated rings. The number of halogens is 3. The normalized spacial score (nSPS) is 14.5. The number of imide groups is 2. The minimum Gasteiger partial charge on any atom is -0.481 e. The molecule has 3 aromatic carbocycles. The van der Waals surface area contributed by atoms with E-state index < -0.39 is 17.8 Å². The molecule has 3 aromatic rings. The lowest BCUT2D eigenvalue weighted by Gasteiger charge is -2.27. The maximum Gasteiger partial charge on any atom is 0.335 e. The van der Waals surface area contributed by atoms with Gasteiger partial charge in [0, 0.05) is 10.7 Å². The molecule has 8 nitrogen and oxygen atoms in total. The van der Waals surface area contributed by atoms with Gasteiger partial charge in [0.15, 0.2) is 6.61 Å². The quantitative estimate of drug-likeness (QED) is 0.230. The second-order valence-electron chi connectivity index (χ2n) is 8.86. The van der Waals surface area contributed by atoms with Crippen LogP contribution in [0.4, 0.5) is 16.2 Å². The summed E-state index contributed by atoms with van der Waals surface area (Å²) in [5.41, 5.74) is 3.79. The van der Waals surface area contributed by atoms with Gasteiger partial charge < -0.3 is 10.1 Å². The molecule has 11 heteroatoms. The Kier molecular flexibility index (Phi) is 8.58. The molecule has 1 aliphatic rings. The van der Waals surface area contributed by atoms with Gasteiger partial charge in [-0.05, 0) is 111 Å². The van der Waals surface area contributed by atoms with E-state index in [1.807, 2.05) is 32.0 Å². The van der Waals surface area contributed by atoms with Crippen LogP contribution in [-0.2, 0) is 14.4 Å². The van der Waals surface area contributed by atoms with E-state index in [9.17, 15) is 19.2 Å². The molecule has 0 radical (unpaired) electrons. The van der Waals surface area contributed by atoms with E-state index in [1.54, 1.807) is 31.2 Å². The number of nitrogens with one attached hydrogen (secondary N) is 2. The molecule has 0 unspecified atom stereocenters. The third kappa shape index (κ3) is 6.41. The Morgan fingerprint density at radius 3 is 2.36 bits per heavy atom. The minimum atomic E-state index is -0.863. The highest BCUT2D eigenvalue weighted by Gasteiger charge is 2.37. The van der Waals surface area contributed by atoms with Gasteiger partial charge in [-0.25, -0.2) is 9.69 Å². The number of amides is 5. The summed E-state index contributed by atoms with van der Waals surface area (Å²) < 4.78 is 6.69. The molecule has 0 aliphatic carbocycles. The van der Waals surface area contributed by atoms with Gasteiger partial charge >= 0.3 is 6.03 Å². The number of ether oxygens (including phenoxy) is 1. The first-order valence-corrected chi connectivity index (χ1v) is 13.6. The maximum atomic E-state index is 13.3. The second-order valence-corrected chi connectivity index (χ2v) is 11.0. The van der Waals surface area contributed by atoms with Crippen LogP contribution in [0.3, 0.4) is 0 Å². The molecule has 39 heavy (non-hydrogen) atoms. The zero-order valence-corrected chi connectivity index (χ0v) is 25.0. The first kappa shape index (κ1) is 28.5. The lowest BCUT2D eigenvalue weighted by molar-refractivity contribution is -0.122. The van der Waals surface area contributed by atoms with Gasteiger partial charge in [-0.15, -0.1) is 0 Å². The first-order valence-electron chi connectivity index (χ1n) is 11.6. The number of hydrogen-bond donors (Lipinski definition) is 2. The predicted octanol–water partition coefficient (Wildman–Crippen LogP) is 6.47. The zero-order valence-electron chi connectivity index (χ0n) is 21.0. The van der Waals surface area contributed by atoms with Gasteiger partial charge in [-0.1, -0.05) is 29.8 Å². The Morgan fingerprint density at radius 1 is 1.00 bits per heavy atom. The van der Waals surface area contributed by atoms with Crippen LogP contribution < -0.4 is 20.3 Å². The van der Waals surface area contributed by atoms with E-state index in [2.05, 4.69) is 42.5 Å². The number of hydrogen-bond acceptors (Lipinski definition) is 5. The lowest BCUT2D eigenvalue weighted by atomic mass is 10.1. The summed E-state index contributed by atoms with van der Waals surface area (Å²) in [5.74, 6) is -1.58. The highest BCUT2D eigenvalue weighted by Crippen LogP contribution is 2.36. The van der Waals surface area contributed by atoms with E-state index in [4.69, 9.17) is 16.3 Å². The molecule has 0 saturated carbocycles. The summed E-state index contributed by atoms with van der Waals surface area (Å²) >= 11 is 12.9. The minimum absolute atomic E-state index is 0.241. The number of aryl methyl sites for hydroxylation is 3. The van der Waals surface area contributed by atoms with E-state index in [1.165, 1.54) is 12.1 Å². The average Bonchev–Trinajstić information content (AvgIpc) is 2.85. The van der Waals surface area contributed by atoms with Crippen LogP contribution in [-0.4, -0.2) is 30.4 Å². The molecule has 1 aliphatic heterocycles. The fourth-order valence-electron chi connectivity index (χ4n) is 3.86.